The van der Waals surface area contributed by atoms with Crippen LogP contribution in [0.25, 0.3) is 0 Å². The smallest absolute Gasteiger partial charge is 0.331 e. The van der Waals surface area contributed by atoms with Crippen LogP contribution < -0.4 is 0 Å². The Balaban J connectivity index is 0. The lowest BCUT2D eigenvalue weighted by atomic mass is 10.4. The van der Waals surface area contributed by atoms with Crippen LogP contribution in [0.15, 0.2) is 24.3 Å². The Labute approximate surface area is 107 Å². The molecule has 92 valence electrons. The van der Waals surface area contributed by atoms with Crippen LogP contribution in [0.3, 0.4) is 0 Å². The van der Waals surface area contributed by atoms with E-state index in [2.05, 4.69) is 13.2 Å². The molecule has 0 saturated heterocycles. The first-order valence-electron chi connectivity index (χ1n) is 4.59. The van der Waals surface area contributed by atoms with E-state index in [1.54, 1.807) is 0 Å². The maximum atomic E-state index is 9.98. The molecule has 0 aliphatic rings. The Hall–Kier alpha value is -0.810. The van der Waals surface area contributed by atoms with Gasteiger partial charge in [0, 0.05) is 11.3 Å². The first kappa shape index (κ1) is 17.6. The molecule has 0 spiro atoms. The number of hydrogen-bond donors (Lipinski definition) is 1. The quantitative estimate of drug-likeness (QED) is 0.610. The highest BCUT2D eigenvalue weighted by molar-refractivity contribution is 7.98. The van der Waals surface area contributed by atoms with Gasteiger partial charge in [0.05, 0.1) is 6.61 Å². The average Bonchev–Trinajstić information content (AvgIpc) is 2.19. The third kappa shape index (κ3) is 11.3. The first-order chi connectivity index (χ1) is 7.36. The van der Waals surface area contributed by atoms with Crippen molar-refractivity contribution in [3.8, 4) is 0 Å². The third-order valence-electron chi connectivity index (χ3n) is 1.24. The van der Waals surface area contributed by atoms with Gasteiger partial charge in [0.15, 0.2) is 5.05 Å². The van der Waals surface area contributed by atoms with Crippen LogP contribution in [0.1, 0.15) is 13.8 Å². The number of carboxylic acid groups (broad SMARTS) is 1. The maximum Gasteiger partial charge on any atom is 0.331 e. The predicted octanol–water partition coefficient (Wildman–Crippen LogP) is 2.92. The van der Waals surface area contributed by atoms with Gasteiger partial charge in [-0.2, -0.15) is 11.8 Å². The van der Waals surface area contributed by atoms with E-state index in [0.29, 0.717) is 17.4 Å². The molecule has 0 unspecified atom stereocenters. The number of hydrogen-bond acceptors (Lipinski definition) is 4. The van der Waals surface area contributed by atoms with Crippen molar-refractivity contribution in [1.82, 2.24) is 0 Å². The number of thioether (sulfide) groups is 1. The maximum absolute atomic E-state index is 9.98. The largest absolute Gasteiger partial charge is 0.483 e. The van der Waals surface area contributed by atoms with Crippen molar-refractivity contribution in [2.24, 2.45) is 0 Å². The molecule has 0 aromatic rings. The molecule has 0 aromatic heterocycles. The average molecular weight is 262 g/mol. The van der Waals surface area contributed by atoms with E-state index in [1.165, 1.54) is 11.8 Å². The van der Waals surface area contributed by atoms with Crippen LogP contribution in [0.4, 0.5) is 0 Å². The van der Waals surface area contributed by atoms with Gasteiger partial charge in [-0.1, -0.05) is 13.2 Å². The second kappa shape index (κ2) is 10.7. The van der Waals surface area contributed by atoms with Gasteiger partial charge in [-0.3, -0.25) is 0 Å². The number of aliphatic carboxylic acids is 1. The summed E-state index contributed by atoms with van der Waals surface area (Å²) in [5.41, 5.74) is 1.08. The summed E-state index contributed by atoms with van der Waals surface area (Å²) in [6.07, 6.45) is 1.84. The van der Waals surface area contributed by atoms with Crippen molar-refractivity contribution in [3.63, 3.8) is 0 Å². The molecule has 0 heterocycles. The fourth-order valence-electron chi connectivity index (χ4n) is 0.490. The summed E-state index contributed by atoms with van der Waals surface area (Å²) in [5, 5.41) is 8.72. The molecule has 0 atom stereocenters. The molecule has 0 radical (unpaired) electrons. The van der Waals surface area contributed by atoms with E-state index < -0.39 is 5.97 Å². The van der Waals surface area contributed by atoms with E-state index in [4.69, 9.17) is 22.1 Å². The first-order valence-corrected chi connectivity index (χ1v) is 6.39. The summed E-state index contributed by atoms with van der Waals surface area (Å²) in [4.78, 5) is 9.98. The molecule has 1 N–H and O–H groups in total. The van der Waals surface area contributed by atoms with Crippen LogP contribution in [0.2, 0.25) is 0 Å². The zero-order chi connectivity index (χ0) is 13.1. The van der Waals surface area contributed by atoms with Gasteiger partial charge in [-0.05, 0) is 37.9 Å². The molecule has 0 aliphatic heterocycles. The molecule has 5 heteroatoms. The van der Waals surface area contributed by atoms with Crippen molar-refractivity contribution in [2.45, 2.75) is 13.8 Å². The summed E-state index contributed by atoms with van der Waals surface area (Å²) < 4.78 is 4.94. The van der Waals surface area contributed by atoms with Crippen molar-refractivity contribution in [1.29, 1.82) is 0 Å². The molecule has 0 aromatic carbocycles. The lowest BCUT2D eigenvalue weighted by molar-refractivity contribution is -0.132. The summed E-state index contributed by atoms with van der Waals surface area (Å²) in [6.45, 7) is 11.3. The SMILES string of the molecule is C=C(C)C(=S)OCC.C=C(CSC)C(=O)O. The molecule has 3 nitrogen and oxygen atoms in total. The molecule has 0 aliphatic carbocycles. The molecular weight excluding hydrogens is 244 g/mol. The van der Waals surface area contributed by atoms with E-state index in [9.17, 15) is 4.79 Å². The summed E-state index contributed by atoms with van der Waals surface area (Å²) >= 11 is 6.21. The summed E-state index contributed by atoms with van der Waals surface area (Å²) in [5.74, 6) is -0.394. The molecule has 0 fully saturated rings. The van der Waals surface area contributed by atoms with E-state index in [0.717, 1.165) is 5.57 Å². The van der Waals surface area contributed by atoms with Crippen LogP contribution in [0, 0.1) is 0 Å². The van der Waals surface area contributed by atoms with Gasteiger partial charge < -0.3 is 9.84 Å². The zero-order valence-corrected chi connectivity index (χ0v) is 11.5. The van der Waals surface area contributed by atoms with Crippen LogP contribution in [-0.4, -0.2) is 34.7 Å². The topological polar surface area (TPSA) is 46.5 Å². The van der Waals surface area contributed by atoms with Gasteiger partial charge >= 0.3 is 5.97 Å². The van der Waals surface area contributed by atoms with Crippen LogP contribution in [-0.2, 0) is 9.53 Å². The minimum absolute atomic E-state index is 0.262. The Morgan fingerprint density at radius 3 is 2.12 bits per heavy atom. The Kier molecular flexibility index (Phi) is 11.8. The van der Waals surface area contributed by atoms with Gasteiger partial charge in [-0.15, -0.1) is 0 Å². The second-order valence-electron chi connectivity index (χ2n) is 2.84. The van der Waals surface area contributed by atoms with Crippen molar-refractivity contribution >= 4 is 35.0 Å². The third-order valence-corrected chi connectivity index (χ3v) is 2.35. The fraction of sp³-hybridized carbons (Fsp3) is 0.455. The van der Waals surface area contributed by atoms with Crippen LogP contribution >= 0.6 is 24.0 Å². The molecule has 0 saturated carbocycles. The second-order valence-corrected chi connectivity index (χ2v) is 4.08. The van der Waals surface area contributed by atoms with Gasteiger partial charge in [0.1, 0.15) is 0 Å². The summed E-state index contributed by atoms with van der Waals surface area (Å²) in [7, 11) is 0. The van der Waals surface area contributed by atoms with Crippen LogP contribution in [0.5, 0.6) is 0 Å². The fourth-order valence-corrected chi connectivity index (χ4v) is 1.08. The van der Waals surface area contributed by atoms with Crippen molar-refractivity contribution in [2.75, 3.05) is 18.6 Å². The van der Waals surface area contributed by atoms with E-state index >= 15 is 0 Å². The van der Waals surface area contributed by atoms with Crippen molar-refractivity contribution in [3.05, 3.63) is 24.3 Å². The normalized spacial score (nSPS) is 8.44. The molecular formula is C11H18O3S2. The molecule has 0 amide bonds. The van der Waals surface area contributed by atoms with Gasteiger partial charge in [-0.25, -0.2) is 4.79 Å². The highest BCUT2D eigenvalue weighted by atomic mass is 32.2. The minimum Gasteiger partial charge on any atom is -0.483 e. The van der Waals surface area contributed by atoms with E-state index in [-0.39, 0.29) is 5.57 Å². The van der Waals surface area contributed by atoms with Crippen molar-refractivity contribution < 1.29 is 14.6 Å². The highest BCUT2D eigenvalue weighted by Crippen LogP contribution is 1.99. The number of carboxylic acids is 1. The number of thiocarbonyl (C=S) groups is 1. The van der Waals surface area contributed by atoms with E-state index in [1.807, 2.05) is 20.1 Å². The Bertz CT molecular complexity index is 244. The Morgan fingerprint density at radius 2 is 2.00 bits per heavy atom. The Morgan fingerprint density at radius 1 is 1.50 bits per heavy atom. The lowest BCUT2D eigenvalue weighted by Crippen LogP contribution is -2.00. The molecule has 0 bridgehead atoms. The number of carbonyl (C=O) groups is 1. The number of ether oxygens (including phenoxy) is 1. The van der Waals surface area contributed by atoms with Gasteiger partial charge in [0.25, 0.3) is 0 Å². The minimum atomic E-state index is -0.903. The molecule has 0 rings (SSSR count). The lowest BCUT2D eigenvalue weighted by Gasteiger charge is -2.00. The summed E-state index contributed by atoms with van der Waals surface area (Å²) in [6, 6.07) is 0. The number of rotatable bonds is 5. The standard InChI is InChI=1S/C6H10OS.C5H8O2S/c1-4-7-6(8)5(2)3;1-4(3-8-2)5(6)7/h2,4H2,1,3H3;1,3H2,2H3,(H,6,7). The zero-order valence-electron chi connectivity index (χ0n) is 9.91. The predicted molar refractivity (Wildman–Crippen MR) is 74.2 cm³/mol. The monoisotopic (exact) mass is 262 g/mol. The highest BCUT2D eigenvalue weighted by Gasteiger charge is 1.99. The molecule has 16 heavy (non-hydrogen) atoms. The van der Waals surface area contributed by atoms with Gasteiger partial charge in [0.2, 0.25) is 0 Å².